The van der Waals surface area contributed by atoms with E-state index < -0.39 is 10.0 Å². The van der Waals surface area contributed by atoms with Crippen LogP contribution in [0.2, 0.25) is 0 Å². The molecule has 1 atom stereocenters. The van der Waals surface area contributed by atoms with E-state index in [1.807, 2.05) is 0 Å². The molecule has 3 rings (SSSR count). The Morgan fingerprint density at radius 3 is 2.74 bits per heavy atom. The van der Waals surface area contributed by atoms with Crippen molar-refractivity contribution in [2.75, 3.05) is 13.1 Å². The second-order valence-electron chi connectivity index (χ2n) is 6.04. The van der Waals surface area contributed by atoms with Gasteiger partial charge in [0.1, 0.15) is 4.90 Å². The highest BCUT2D eigenvalue weighted by atomic mass is 32.2. The molecule has 0 radical (unpaired) electrons. The number of nitrogens with one attached hydrogen (secondary N) is 1. The van der Waals surface area contributed by atoms with Crippen LogP contribution in [0.15, 0.2) is 41.6 Å². The number of benzene rings is 1. The van der Waals surface area contributed by atoms with Crippen LogP contribution >= 0.6 is 0 Å². The molecule has 2 heterocycles. The smallest absolute Gasteiger partial charge is 0.243 e. The Hall–Kier alpha value is -1.70. The lowest BCUT2D eigenvalue weighted by Crippen LogP contribution is -2.44. The first-order valence-corrected chi connectivity index (χ1v) is 9.23. The molecule has 124 valence electrons. The standard InChI is InChI=1S/C16H22N4O2S/c1-13(9-18-23(21,22)16-10-17-19(2)12-16)20-8-7-14-5-3-4-6-15(14)11-20/h3-6,10,12-13,18H,7-9,11H2,1-2H3/t13-/m1/s1. The van der Waals surface area contributed by atoms with E-state index in [4.69, 9.17) is 0 Å². The fraction of sp³-hybridized carbons (Fsp3) is 0.438. The van der Waals surface area contributed by atoms with Gasteiger partial charge in [0.25, 0.3) is 0 Å². The Bertz CT molecular complexity index is 785. The number of sulfonamides is 1. The number of aryl methyl sites for hydroxylation is 1. The van der Waals surface area contributed by atoms with E-state index in [1.54, 1.807) is 7.05 Å². The van der Waals surface area contributed by atoms with E-state index in [9.17, 15) is 8.42 Å². The molecule has 0 bridgehead atoms. The van der Waals surface area contributed by atoms with Crippen LogP contribution in [-0.4, -0.2) is 42.2 Å². The number of aromatic nitrogens is 2. The van der Waals surface area contributed by atoms with E-state index in [0.717, 1.165) is 19.5 Å². The summed E-state index contributed by atoms with van der Waals surface area (Å²) in [6.07, 6.45) is 3.88. The van der Waals surface area contributed by atoms with Gasteiger partial charge >= 0.3 is 0 Å². The summed E-state index contributed by atoms with van der Waals surface area (Å²) in [5.74, 6) is 0. The van der Waals surface area contributed by atoms with Gasteiger partial charge in [-0.15, -0.1) is 0 Å². The SMILES string of the molecule is C[C@H](CNS(=O)(=O)c1cnn(C)c1)N1CCc2ccccc2C1. The van der Waals surface area contributed by atoms with E-state index in [0.29, 0.717) is 6.54 Å². The molecule has 0 aliphatic carbocycles. The summed E-state index contributed by atoms with van der Waals surface area (Å²) in [7, 11) is -1.79. The fourth-order valence-electron chi connectivity index (χ4n) is 2.87. The lowest BCUT2D eigenvalue weighted by Gasteiger charge is -2.33. The number of hydrogen-bond acceptors (Lipinski definition) is 4. The first-order chi connectivity index (χ1) is 11.0. The van der Waals surface area contributed by atoms with E-state index in [-0.39, 0.29) is 10.9 Å². The summed E-state index contributed by atoms with van der Waals surface area (Å²) in [6, 6.07) is 8.57. The van der Waals surface area contributed by atoms with Gasteiger partial charge in [0.15, 0.2) is 0 Å². The molecule has 0 spiro atoms. The van der Waals surface area contributed by atoms with Crippen molar-refractivity contribution in [3.8, 4) is 0 Å². The van der Waals surface area contributed by atoms with Crippen molar-refractivity contribution in [1.82, 2.24) is 19.4 Å². The lowest BCUT2D eigenvalue weighted by atomic mass is 9.99. The number of hydrogen-bond donors (Lipinski definition) is 1. The highest BCUT2D eigenvalue weighted by Crippen LogP contribution is 2.20. The van der Waals surface area contributed by atoms with E-state index >= 15 is 0 Å². The zero-order valence-corrected chi connectivity index (χ0v) is 14.3. The van der Waals surface area contributed by atoms with Gasteiger partial charge in [-0.2, -0.15) is 5.10 Å². The fourth-order valence-corrected chi connectivity index (χ4v) is 3.98. The normalized spacial score (nSPS) is 17.0. The van der Waals surface area contributed by atoms with Crippen molar-refractivity contribution >= 4 is 10.0 Å². The molecule has 1 aromatic carbocycles. The third-order valence-electron chi connectivity index (χ3n) is 4.34. The number of fused-ring (bicyclic) bond motifs is 1. The molecule has 1 aliphatic rings. The summed E-state index contributed by atoms with van der Waals surface area (Å²) in [6.45, 7) is 4.26. The molecule has 6 nitrogen and oxygen atoms in total. The topological polar surface area (TPSA) is 67.2 Å². The van der Waals surface area contributed by atoms with Gasteiger partial charge in [-0.3, -0.25) is 9.58 Å². The molecule has 0 saturated heterocycles. The van der Waals surface area contributed by atoms with Crippen LogP contribution in [0.3, 0.4) is 0 Å². The quantitative estimate of drug-likeness (QED) is 0.891. The van der Waals surface area contributed by atoms with E-state index in [1.165, 1.54) is 28.2 Å². The minimum absolute atomic E-state index is 0.134. The van der Waals surface area contributed by atoms with E-state index in [2.05, 4.69) is 45.9 Å². The highest BCUT2D eigenvalue weighted by molar-refractivity contribution is 7.89. The van der Waals surface area contributed by atoms with Crippen molar-refractivity contribution in [3.05, 3.63) is 47.8 Å². The lowest BCUT2D eigenvalue weighted by molar-refractivity contribution is 0.192. The van der Waals surface area contributed by atoms with Gasteiger partial charge in [0.05, 0.1) is 6.20 Å². The second kappa shape index (κ2) is 6.43. The van der Waals surface area contributed by atoms with Crippen LogP contribution in [0.25, 0.3) is 0 Å². The Kier molecular flexibility index (Phi) is 4.52. The number of rotatable bonds is 5. The van der Waals surface area contributed by atoms with Crippen molar-refractivity contribution in [1.29, 1.82) is 0 Å². The van der Waals surface area contributed by atoms with Gasteiger partial charge in [0, 0.05) is 38.9 Å². The van der Waals surface area contributed by atoms with Gasteiger partial charge in [-0.05, 0) is 24.5 Å². The molecule has 0 saturated carbocycles. The zero-order valence-electron chi connectivity index (χ0n) is 13.4. The Balaban J connectivity index is 1.61. The summed E-state index contributed by atoms with van der Waals surface area (Å²) < 4.78 is 28.7. The molecule has 0 fully saturated rings. The molecule has 1 aliphatic heterocycles. The minimum atomic E-state index is -3.49. The van der Waals surface area contributed by atoms with Crippen LogP contribution in [0.4, 0.5) is 0 Å². The molecular weight excluding hydrogens is 312 g/mol. The van der Waals surface area contributed by atoms with Crippen molar-refractivity contribution in [2.24, 2.45) is 7.05 Å². The summed E-state index contributed by atoms with van der Waals surface area (Å²) in [5.41, 5.74) is 2.73. The van der Waals surface area contributed by atoms with Gasteiger partial charge < -0.3 is 0 Å². The maximum Gasteiger partial charge on any atom is 0.243 e. The monoisotopic (exact) mass is 334 g/mol. The van der Waals surface area contributed by atoms with Crippen LogP contribution in [0, 0.1) is 0 Å². The Morgan fingerprint density at radius 2 is 2.04 bits per heavy atom. The highest BCUT2D eigenvalue weighted by Gasteiger charge is 2.23. The third kappa shape index (κ3) is 3.63. The predicted octanol–water partition coefficient (Wildman–Crippen LogP) is 1.15. The third-order valence-corrected chi connectivity index (χ3v) is 5.72. The number of nitrogens with zero attached hydrogens (tertiary/aromatic N) is 3. The molecular formula is C16H22N4O2S. The van der Waals surface area contributed by atoms with Crippen LogP contribution in [0.1, 0.15) is 18.1 Å². The van der Waals surface area contributed by atoms with Gasteiger partial charge in [0.2, 0.25) is 10.0 Å². The summed E-state index contributed by atoms with van der Waals surface area (Å²) in [4.78, 5) is 2.52. The molecule has 0 unspecified atom stereocenters. The molecule has 1 aromatic heterocycles. The minimum Gasteiger partial charge on any atom is -0.295 e. The molecule has 1 N–H and O–H groups in total. The Labute approximate surface area is 137 Å². The zero-order chi connectivity index (χ0) is 16.4. The maximum absolute atomic E-state index is 12.2. The van der Waals surface area contributed by atoms with Crippen LogP contribution in [-0.2, 0) is 30.0 Å². The summed E-state index contributed by atoms with van der Waals surface area (Å²) >= 11 is 0. The molecule has 23 heavy (non-hydrogen) atoms. The second-order valence-corrected chi connectivity index (χ2v) is 7.81. The van der Waals surface area contributed by atoms with Crippen LogP contribution < -0.4 is 4.72 Å². The largest absolute Gasteiger partial charge is 0.295 e. The molecule has 0 amide bonds. The first kappa shape index (κ1) is 16.2. The van der Waals surface area contributed by atoms with Crippen molar-refractivity contribution in [2.45, 2.75) is 30.8 Å². The summed E-state index contributed by atoms with van der Waals surface area (Å²) in [5, 5.41) is 3.91. The van der Waals surface area contributed by atoms with Gasteiger partial charge in [-0.25, -0.2) is 13.1 Å². The predicted molar refractivity (Wildman–Crippen MR) is 88.4 cm³/mol. The Morgan fingerprint density at radius 1 is 1.30 bits per heavy atom. The molecule has 7 heteroatoms. The maximum atomic E-state index is 12.2. The average Bonchev–Trinajstić information content (AvgIpc) is 2.99. The van der Waals surface area contributed by atoms with Gasteiger partial charge in [-0.1, -0.05) is 24.3 Å². The molecule has 2 aromatic rings. The van der Waals surface area contributed by atoms with Crippen LogP contribution in [0.5, 0.6) is 0 Å². The van der Waals surface area contributed by atoms with Crippen molar-refractivity contribution in [3.63, 3.8) is 0 Å². The average molecular weight is 334 g/mol. The first-order valence-electron chi connectivity index (χ1n) is 7.75. The van der Waals surface area contributed by atoms with Crippen molar-refractivity contribution < 1.29 is 8.42 Å².